The first-order valence-corrected chi connectivity index (χ1v) is 12.9. The van der Waals surface area contributed by atoms with Gasteiger partial charge in [0.05, 0.1) is 5.69 Å². The number of nitrogens with one attached hydrogen (secondary N) is 2. The van der Waals surface area contributed by atoms with Crippen molar-refractivity contribution in [3.05, 3.63) is 70.7 Å². The van der Waals surface area contributed by atoms with Crippen LogP contribution in [0, 0.1) is 13.8 Å². The summed E-state index contributed by atoms with van der Waals surface area (Å²) in [4.78, 5) is 31.5. The highest BCUT2D eigenvalue weighted by Crippen LogP contribution is 2.31. The smallest absolute Gasteiger partial charge is 0.254 e. The number of benzene rings is 1. The number of anilines is 2. The Morgan fingerprint density at radius 3 is 2.71 bits per heavy atom. The minimum absolute atomic E-state index is 0.000714. The number of carbonyl (C=O) groups excluding carboxylic acids is 1. The number of carbonyl (C=O) groups is 1. The minimum Gasteiger partial charge on any atom is -0.336 e. The molecule has 2 aliphatic rings. The second kappa shape index (κ2) is 9.90. The van der Waals surface area contributed by atoms with Gasteiger partial charge in [-0.3, -0.25) is 14.7 Å². The molecule has 0 saturated carbocycles. The molecule has 194 valence electrons. The molecule has 1 aromatic carbocycles. The number of tetrazole rings is 1. The van der Waals surface area contributed by atoms with Crippen molar-refractivity contribution in [1.82, 2.24) is 45.4 Å². The number of aryl methyl sites for hydroxylation is 2. The van der Waals surface area contributed by atoms with Crippen LogP contribution < -0.4 is 5.32 Å². The zero-order chi connectivity index (χ0) is 26.2. The van der Waals surface area contributed by atoms with E-state index in [9.17, 15) is 4.79 Å². The van der Waals surface area contributed by atoms with Gasteiger partial charge in [0.15, 0.2) is 0 Å². The second-order valence-corrected chi connectivity index (χ2v) is 10.3. The van der Waals surface area contributed by atoms with Crippen LogP contribution in [0.15, 0.2) is 42.7 Å². The number of amides is 1. The largest absolute Gasteiger partial charge is 0.336 e. The summed E-state index contributed by atoms with van der Waals surface area (Å²) in [7, 11) is 0. The molecule has 38 heavy (non-hydrogen) atoms. The molecule has 5 heterocycles. The van der Waals surface area contributed by atoms with E-state index in [1.54, 1.807) is 18.3 Å². The van der Waals surface area contributed by atoms with Crippen molar-refractivity contribution < 1.29 is 4.79 Å². The quantitative estimate of drug-likeness (QED) is 0.415. The van der Waals surface area contributed by atoms with E-state index in [2.05, 4.69) is 79.8 Å². The molecular formula is C27H30N10O. The van der Waals surface area contributed by atoms with Crippen molar-refractivity contribution >= 4 is 17.5 Å². The number of pyridine rings is 1. The van der Waals surface area contributed by atoms with Crippen molar-refractivity contribution in [3.8, 4) is 11.5 Å². The molecule has 1 saturated heterocycles. The Morgan fingerprint density at radius 1 is 1.11 bits per heavy atom. The summed E-state index contributed by atoms with van der Waals surface area (Å²) < 4.78 is 0. The molecule has 2 aliphatic heterocycles. The van der Waals surface area contributed by atoms with Crippen molar-refractivity contribution in [3.63, 3.8) is 0 Å². The molecule has 2 atom stereocenters. The Morgan fingerprint density at radius 2 is 1.95 bits per heavy atom. The summed E-state index contributed by atoms with van der Waals surface area (Å²) >= 11 is 0. The number of aromatic amines is 1. The highest BCUT2D eigenvalue weighted by Gasteiger charge is 2.35. The lowest BCUT2D eigenvalue weighted by atomic mass is 9.96. The third kappa shape index (κ3) is 4.84. The van der Waals surface area contributed by atoms with E-state index in [4.69, 9.17) is 4.98 Å². The van der Waals surface area contributed by atoms with Crippen LogP contribution in [-0.2, 0) is 13.1 Å². The number of hydrogen-bond donors (Lipinski definition) is 2. The molecular weight excluding hydrogens is 480 g/mol. The first kappa shape index (κ1) is 24.1. The normalized spacial score (nSPS) is 19.4. The lowest BCUT2D eigenvalue weighted by Gasteiger charge is -2.41. The third-order valence-electron chi connectivity index (χ3n) is 7.37. The van der Waals surface area contributed by atoms with Crippen LogP contribution in [-0.4, -0.2) is 69.9 Å². The van der Waals surface area contributed by atoms with Crippen LogP contribution in [0.1, 0.15) is 52.5 Å². The molecule has 3 aromatic heterocycles. The number of H-pyrrole nitrogens is 1. The minimum atomic E-state index is 0.000714. The van der Waals surface area contributed by atoms with Crippen LogP contribution in [0.3, 0.4) is 0 Å². The fraction of sp³-hybridized carbons (Fsp3) is 0.370. The number of hydrogen-bond acceptors (Lipinski definition) is 9. The van der Waals surface area contributed by atoms with Crippen molar-refractivity contribution in [1.29, 1.82) is 0 Å². The summed E-state index contributed by atoms with van der Waals surface area (Å²) in [5.41, 5.74) is 6.76. The van der Waals surface area contributed by atoms with Gasteiger partial charge >= 0.3 is 0 Å². The average Bonchev–Trinajstić information content (AvgIpc) is 3.58. The van der Waals surface area contributed by atoms with Gasteiger partial charge in [0, 0.05) is 60.9 Å². The van der Waals surface area contributed by atoms with Gasteiger partial charge in [-0.1, -0.05) is 6.07 Å². The molecule has 0 unspecified atom stereocenters. The number of likely N-dealkylation sites (tertiary alicyclic amines) is 1. The average molecular weight is 511 g/mol. The molecule has 6 rings (SSSR count). The van der Waals surface area contributed by atoms with Crippen molar-refractivity contribution in [2.75, 3.05) is 11.9 Å². The van der Waals surface area contributed by atoms with Gasteiger partial charge < -0.3 is 10.2 Å². The van der Waals surface area contributed by atoms with Crippen molar-refractivity contribution in [2.24, 2.45) is 0 Å². The summed E-state index contributed by atoms with van der Waals surface area (Å²) in [5, 5.41) is 17.3. The van der Waals surface area contributed by atoms with E-state index in [1.807, 2.05) is 11.1 Å². The Hall–Kier alpha value is -4.25. The van der Waals surface area contributed by atoms with Crippen molar-refractivity contribution in [2.45, 2.75) is 58.8 Å². The predicted octanol–water partition coefficient (Wildman–Crippen LogP) is 3.42. The summed E-state index contributed by atoms with van der Waals surface area (Å²) in [6.07, 6.45) is 5.37. The number of piperidine rings is 1. The number of fused-ring (bicyclic) bond motifs is 1. The van der Waals surface area contributed by atoms with Gasteiger partial charge in [-0.15, -0.1) is 10.2 Å². The number of nitrogens with zero attached hydrogens (tertiary/aromatic N) is 8. The predicted molar refractivity (Wildman–Crippen MR) is 141 cm³/mol. The lowest BCUT2D eigenvalue weighted by Crippen LogP contribution is -2.50. The standard InChI is InChI=1S/C27H30N10O/c1-16-8-17(2)10-21(9-16)30-27-29-13-20-14-36(15-24(20)31-27)22-5-7-37(18(3)11-22)26(38)19-4-6-28-23(12-19)25-32-34-35-33-25/h4,6,8-10,12-13,18,22H,5,7,11,14-15H2,1-3H3,(H,29,30,31)(H,32,33,34,35)/t18-,22-/m1/s1. The summed E-state index contributed by atoms with van der Waals surface area (Å²) in [5.74, 6) is 0.998. The van der Waals surface area contributed by atoms with Gasteiger partial charge in [0.1, 0.15) is 5.69 Å². The Kier molecular flexibility index (Phi) is 6.28. The summed E-state index contributed by atoms with van der Waals surface area (Å²) in [6, 6.07) is 10.3. The Bertz CT molecular complexity index is 1450. The molecule has 0 spiro atoms. The molecule has 1 amide bonds. The zero-order valence-corrected chi connectivity index (χ0v) is 21.7. The first-order chi connectivity index (χ1) is 18.4. The maximum Gasteiger partial charge on any atom is 0.254 e. The lowest BCUT2D eigenvalue weighted by molar-refractivity contribution is 0.0460. The fourth-order valence-corrected chi connectivity index (χ4v) is 5.58. The number of aromatic nitrogens is 7. The van der Waals surface area contributed by atoms with Gasteiger partial charge in [-0.25, -0.2) is 9.97 Å². The Labute approximate surface area is 220 Å². The highest BCUT2D eigenvalue weighted by molar-refractivity contribution is 5.95. The van der Waals surface area contributed by atoms with Gasteiger partial charge in [-0.05, 0) is 74.2 Å². The highest BCUT2D eigenvalue weighted by atomic mass is 16.2. The fourth-order valence-electron chi connectivity index (χ4n) is 5.58. The molecule has 11 heteroatoms. The van der Waals surface area contributed by atoms with E-state index in [-0.39, 0.29) is 11.9 Å². The van der Waals surface area contributed by atoms with Crippen LogP contribution in [0.5, 0.6) is 0 Å². The SMILES string of the molecule is Cc1cc(C)cc(Nc2ncc3c(n2)CN([C@@H]2CCN(C(=O)c4ccnc(-c5nn[nH]n5)c4)[C@H](C)C2)C3)c1. The van der Waals surface area contributed by atoms with E-state index in [1.165, 1.54) is 16.7 Å². The maximum absolute atomic E-state index is 13.4. The maximum atomic E-state index is 13.4. The molecule has 0 bridgehead atoms. The van der Waals surface area contributed by atoms with Crippen LogP contribution >= 0.6 is 0 Å². The van der Waals surface area contributed by atoms with E-state index >= 15 is 0 Å². The second-order valence-electron chi connectivity index (χ2n) is 10.3. The van der Waals surface area contributed by atoms with E-state index in [0.29, 0.717) is 35.6 Å². The molecule has 1 fully saturated rings. The molecule has 0 radical (unpaired) electrons. The van der Waals surface area contributed by atoms with Crippen LogP contribution in [0.25, 0.3) is 11.5 Å². The van der Waals surface area contributed by atoms with Gasteiger partial charge in [0.2, 0.25) is 11.8 Å². The monoisotopic (exact) mass is 510 g/mol. The molecule has 11 nitrogen and oxygen atoms in total. The van der Waals surface area contributed by atoms with Gasteiger partial charge in [0.25, 0.3) is 5.91 Å². The van der Waals surface area contributed by atoms with E-state index in [0.717, 1.165) is 37.3 Å². The molecule has 2 N–H and O–H groups in total. The van der Waals surface area contributed by atoms with E-state index < -0.39 is 0 Å². The Balaban J connectivity index is 1.09. The molecule has 4 aromatic rings. The van der Waals surface area contributed by atoms with Crippen LogP contribution in [0.2, 0.25) is 0 Å². The van der Waals surface area contributed by atoms with Crippen LogP contribution in [0.4, 0.5) is 11.6 Å². The summed E-state index contributed by atoms with van der Waals surface area (Å²) in [6.45, 7) is 8.63. The zero-order valence-electron chi connectivity index (χ0n) is 21.7. The van der Waals surface area contributed by atoms with Gasteiger partial charge in [-0.2, -0.15) is 5.21 Å². The number of rotatable bonds is 5. The first-order valence-electron chi connectivity index (χ1n) is 12.9. The molecule has 0 aliphatic carbocycles. The third-order valence-corrected chi connectivity index (χ3v) is 7.37. The topological polar surface area (TPSA) is 129 Å².